The van der Waals surface area contributed by atoms with Gasteiger partial charge in [-0.25, -0.2) is 0 Å². The number of allylic oxidation sites excluding steroid dienone is 2. The van der Waals surface area contributed by atoms with Crippen molar-refractivity contribution >= 4 is 64.7 Å². The summed E-state index contributed by atoms with van der Waals surface area (Å²) in [6.45, 7) is 0. The Balaban J connectivity index is 1.18. The Morgan fingerprint density at radius 1 is 0.490 bits per heavy atom. The van der Waals surface area contributed by atoms with Crippen LogP contribution in [0.15, 0.2) is 182 Å². The molecule has 1 aliphatic carbocycles. The van der Waals surface area contributed by atoms with Crippen LogP contribution >= 0.6 is 11.3 Å². The van der Waals surface area contributed by atoms with E-state index >= 15 is 0 Å². The first-order valence-corrected chi connectivity index (χ1v) is 18.5. The van der Waals surface area contributed by atoms with E-state index in [2.05, 4.69) is 191 Å². The molecule has 0 saturated heterocycles. The van der Waals surface area contributed by atoms with Gasteiger partial charge in [0, 0.05) is 59.5 Å². The van der Waals surface area contributed by atoms with E-state index in [9.17, 15) is 0 Å². The summed E-state index contributed by atoms with van der Waals surface area (Å²) in [6.07, 6.45) is 9.27. The number of rotatable bonds is 4. The fourth-order valence-corrected chi connectivity index (χ4v) is 10.0. The Labute approximate surface area is 300 Å². The largest absolute Gasteiger partial charge is 0.333 e. The van der Waals surface area contributed by atoms with Crippen molar-refractivity contribution in [1.29, 1.82) is 0 Å². The highest BCUT2D eigenvalue weighted by molar-refractivity contribution is 7.26. The van der Waals surface area contributed by atoms with Crippen molar-refractivity contribution in [3.05, 3.63) is 188 Å². The molecule has 0 fully saturated rings. The van der Waals surface area contributed by atoms with Crippen molar-refractivity contribution in [3.63, 3.8) is 0 Å². The Morgan fingerprint density at radius 3 is 2.08 bits per heavy atom. The molecule has 9 aromatic rings. The maximum absolute atomic E-state index is 2.61. The number of aromatic nitrogens is 1. The molecule has 1 aliphatic heterocycles. The standard InChI is InChI=1S/C48H32N2S/c1-3-15-31(16-4-1)39-29-33(30-40-34-19-9-12-28-45(34)51-48(39)40)50-42-25-11-8-21-38(42)47-36(23-14-27-44(47)50)35-22-13-26-43-46(35)37-20-7-10-24-41(37)49(43)32-17-5-2-6-18-32/h1-30,38,42H. The predicted octanol–water partition coefficient (Wildman–Crippen LogP) is 13.2. The number of thiophene rings is 1. The van der Waals surface area contributed by atoms with E-state index < -0.39 is 0 Å². The molecule has 3 heteroatoms. The van der Waals surface area contributed by atoms with Crippen LogP contribution in [0.5, 0.6) is 0 Å². The lowest BCUT2D eigenvalue weighted by Crippen LogP contribution is -2.28. The molecule has 0 N–H and O–H groups in total. The van der Waals surface area contributed by atoms with Crippen LogP contribution in [0.3, 0.4) is 0 Å². The second kappa shape index (κ2) is 11.2. The van der Waals surface area contributed by atoms with E-state index in [-0.39, 0.29) is 12.0 Å². The van der Waals surface area contributed by atoms with Crippen molar-refractivity contribution < 1.29 is 0 Å². The summed E-state index contributed by atoms with van der Waals surface area (Å²) in [7, 11) is 0. The lowest BCUT2D eigenvalue weighted by molar-refractivity contribution is 0.746. The molecule has 2 aliphatic rings. The van der Waals surface area contributed by atoms with Crippen LogP contribution in [0.4, 0.5) is 11.4 Å². The van der Waals surface area contributed by atoms with Crippen LogP contribution in [-0.4, -0.2) is 10.6 Å². The molecular weight excluding hydrogens is 637 g/mol. The van der Waals surface area contributed by atoms with Crippen LogP contribution in [0.1, 0.15) is 11.5 Å². The summed E-state index contributed by atoms with van der Waals surface area (Å²) in [5, 5.41) is 5.22. The highest BCUT2D eigenvalue weighted by Gasteiger charge is 2.40. The number of anilines is 2. The lowest BCUT2D eigenvalue weighted by atomic mass is 9.85. The van der Waals surface area contributed by atoms with Crippen LogP contribution < -0.4 is 4.90 Å². The average Bonchev–Trinajstić information content (AvgIpc) is 3.86. The zero-order chi connectivity index (χ0) is 33.5. The second-order valence-electron chi connectivity index (χ2n) is 13.6. The maximum atomic E-state index is 2.61. The third-order valence-electron chi connectivity index (χ3n) is 10.9. The van der Waals surface area contributed by atoms with E-state index in [0.717, 1.165) is 0 Å². The van der Waals surface area contributed by atoms with Gasteiger partial charge in [-0.3, -0.25) is 0 Å². The molecule has 2 nitrogen and oxygen atoms in total. The van der Waals surface area contributed by atoms with Gasteiger partial charge in [0.1, 0.15) is 0 Å². The molecule has 0 amide bonds. The van der Waals surface area contributed by atoms with Gasteiger partial charge in [-0.05, 0) is 70.8 Å². The molecule has 7 aromatic carbocycles. The van der Waals surface area contributed by atoms with E-state index in [1.165, 1.54) is 86.9 Å². The molecule has 11 rings (SSSR count). The van der Waals surface area contributed by atoms with Crippen LogP contribution in [-0.2, 0) is 0 Å². The third-order valence-corrected chi connectivity index (χ3v) is 12.1. The third kappa shape index (κ3) is 4.22. The molecule has 2 aromatic heterocycles. The molecule has 51 heavy (non-hydrogen) atoms. The highest BCUT2D eigenvalue weighted by atomic mass is 32.1. The van der Waals surface area contributed by atoms with Gasteiger partial charge in [0.2, 0.25) is 0 Å². The second-order valence-corrected chi connectivity index (χ2v) is 14.7. The average molecular weight is 669 g/mol. The van der Waals surface area contributed by atoms with Gasteiger partial charge in [0.15, 0.2) is 0 Å². The number of hydrogen-bond donors (Lipinski definition) is 0. The minimum absolute atomic E-state index is 0.169. The molecule has 0 spiro atoms. The zero-order valence-electron chi connectivity index (χ0n) is 27.8. The summed E-state index contributed by atoms with van der Waals surface area (Å²) in [4.78, 5) is 2.61. The number of nitrogens with zero attached hydrogens (tertiary/aromatic N) is 2. The lowest BCUT2D eigenvalue weighted by Gasteiger charge is -2.29. The van der Waals surface area contributed by atoms with E-state index in [1.807, 2.05) is 11.3 Å². The first kappa shape index (κ1) is 28.7. The smallest absolute Gasteiger partial charge is 0.0629 e. The first-order chi connectivity index (χ1) is 25.3. The zero-order valence-corrected chi connectivity index (χ0v) is 28.6. The van der Waals surface area contributed by atoms with Gasteiger partial charge < -0.3 is 9.47 Å². The topological polar surface area (TPSA) is 8.17 Å². The normalized spacial score (nSPS) is 16.4. The van der Waals surface area contributed by atoms with E-state index in [1.54, 1.807) is 0 Å². The summed E-state index contributed by atoms with van der Waals surface area (Å²) in [6, 6.07) is 58.2. The Hall–Kier alpha value is -6.16. The Kier molecular flexibility index (Phi) is 6.28. The van der Waals surface area contributed by atoms with Crippen molar-refractivity contribution in [2.45, 2.75) is 12.0 Å². The molecule has 240 valence electrons. The first-order valence-electron chi connectivity index (χ1n) is 17.7. The summed E-state index contributed by atoms with van der Waals surface area (Å²) in [5.74, 6) is 0.217. The van der Waals surface area contributed by atoms with Gasteiger partial charge in [0.05, 0.1) is 17.1 Å². The van der Waals surface area contributed by atoms with Crippen molar-refractivity contribution in [3.8, 4) is 27.9 Å². The van der Waals surface area contributed by atoms with Crippen LogP contribution in [0, 0.1) is 0 Å². The van der Waals surface area contributed by atoms with Crippen molar-refractivity contribution in [2.24, 2.45) is 0 Å². The molecule has 0 radical (unpaired) electrons. The quantitative estimate of drug-likeness (QED) is 0.181. The fraction of sp³-hybridized carbons (Fsp3) is 0.0417. The number of hydrogen-bond acceptors (Lipinski definition) is 2. The SMILES string of the molecule is C1=CC2c3c(-c4cccc5c4c4ccccc4n5-c4ccccc4)cccc3N(c3cc(-c4ccccc4)c4sc5ccccc5c4c3)C2C=C1. The molecule has 2 unspecified atom stereocenters. The van der Waals surface area contributed by atoms with Crippen molar-refractivity contribution in [2.75, 3.05) is 4.90 Å². The minimum atomic E-state index is 0.169. The molecule has 0 bridgehead atoms. The molecule has 2 atom stereocenters. The highest BCUT2D eigenvalue weighted by Crippen LogP contribution is 2.54. The molecular formula is C48H32N2S. The predicted molar refractivity (Wildman–Crippen MR) is 218 cm³/mol. The van der Waals surface area contributed by atoms with Gasteiger partial charge in [-0.1, -0.05) is 133 Å². The summed E-state index contributed by atoms with van der Waals surface area (Å²) in [5.41, 5.74) is 12.7. The van der Waals surface area contributed by atoms with Crippen LogP contribution in [0.2, 0.25) is 0 Å². The maximum Gasteiger partial charge on any atom is 0.0629 e. The minimum Gasteiger partial charge on any atom is -0.333 e. The van der Waals surface area contributed by atoms with E-state index in [0.29, 0.717) is 0 Å². The van der Waals surface area contributed by atoms with Crippen LogP contribution in [0.25, 0.3) is 69.9 Å². The Bertz CT molecular complexity index is 2870. The monoisotopic (exact) mass is 668 g/mol. The summed E-state index contributed by atoms with van der Waals surface area (Å²) >= 11 is 1.90. The fourth-order valence-electron chi connectivity index (χ4n) is 8.81. The number of para-hydroxylation sites is 2. The molecule has 3 heterocycles. The van der Waals surface area contributed by atoms with Gasteiger partial charge in [0.25, 0.3) is 0 Å². The number of fused-ring (bicyclic) bond motifs is 9. The Morgan fingerprint density at radius 2 is 1.20 bits per heavy atom. The summed E-state index contributed by atoms with van der Waals surface area (Å²) < 4.78 is 5.09. The van der Waals surface area contributed by atoms with Gasteiger partial charge >= 0.3 is 0 Å². The number of benzene rings is 7. The van der Waals surface area contributed by atoms with Crippen molar-refractivity contribution in [1.82, 2.24) is 4.57 Å². The molecule has 0 saturated carbocycles. The van der Waals surface area contributed by atoms with Gasteiger partial charge in [-0.2, -0.15) is 0 Å². The van der Waals surface area contributed by atoms with Gasteiger partial charge in [-0.15, -0.1) is 11.3 Å². The van der Waals surface area contributed by atoms with E-state index in [4.69, 9.17) is 0 Å².